The third kappa shape index (κ3) is 7.39. The van der Waals surface area contributed by atoms with E-state index in [0.29, 0.717) is 0 Å². The molecule has 0 saturated heterocycles. The molecule has 2 heteroatoms. The smallest absolute Gasteiger partial charge is 0.0968 e. The van der Waals surface area contributed by atoms with Crippen LogP contribution < -0.4 is 0 Å². The van der Waals surface area contributed by atoms with Crippen LogP contribution in [0.25, 0.3) is 0 Å². The van der Waals surface area contributed by atoms with Crippen molar-refractivity contribution in [3.8, 4) is 0 Å². The minimum absolute atomic E-state index is 0.812. The summed E-state index contributed by atoms with van der Waals surface area (Å²) in [7, 11) is 0. The predicted octanol–water partition coefficient (Wildman–Crippen LogP) is 5.43. The van der Waals surface area contributed by atoms with Crippen LogP contribution in [0.15, 0.2) is 9.98 Å². The van der Waals surface area contributed by atoms with Crippen molar-refractivity contribution in [3.05, 3.63) is 6.17 Å². The van der Waals surface area contributed by atoms with Gasteiger partial charge in [0.2, 0.25) is 6.17 Å². The molecule has 0 fully saturated rings. The summed E-state index contributed by atoms with van der Waals surface area (Å²) in [6.07, 6.45) is 16.6. The summed E-state index contributed by atoms with van der Waals surface area (Å²) in [5.74, 6) is 1.70. The van der Waals surface area contributed by atoms with E-state index in [9.17, 15) is 0 Å². The largest absolute Gasteiger partial charge is 0.240 e. The van der Waals surface area contributed by atoms with Crippen LogP contribution in [0.3, 0.4) is 0 Å². The van der Waals surface area contributed by atoms with Crippen molar-refractivity contribution >= 4 is 12.4 Å². The Morgan fingerprint density at radius 1 is 0.895 bits per heavy atom. The molecule has 1 aliphatic heterocycles. The summed E-state index contributed by atoms with van der Waals surface area (Å²) < 4.78 is 0. The van der Waals surface area contributed by atoms with Crippen molar-refractivity contribution in [2.75, 3.05) is 0 Å². The van der Waals surface area contributed by atoms with Crippen LogP contribution in [0.5, 0.6) is 0 Å². The van der Waals surface area contributed by atoms with Crippen LogP contribution in [0.1, 0.15) is 78.6 Å². The fourth-order valence-electron chi connectivity index (χ4n) is 2.74. The summed E-state index contributed by atoms with van der Waals surface area (Å²) in [6.45, 7) is 7.02. The maximum absolute atomic E-state index is 4.24. The lowest BCUT2D eigenvalue weighted by Crippen LogP contribution is -2.09. The minimum atomic E-state index is 0.812. The maximum Gasteiger partial charge on any atom is 0.240 e. The molecule has 0 aromatic carbocycles. The van der Waals surface area contributed by atoms with Crippen molar-refractivity contribution in [3.63, 3.8) is 0 Å². The zero-order chi connectivity index (χ0) is 13.9. The fraction of sp³-hybridized carbons (Fsp3) is 0.824. The van der Waals surface area contributed by atoms with E-state index in [-0.39, 0.29) is 0 Å². The summed E-state index contributed by atoms with van der Waals surface area (Å²) in [5.41, 5.74) is 0. The van der Waals surface area contributed by atoms with E-state index in [1.54, 1.807) is 12.4 Å². The first-order valence-corrected chi connectivity index (χ1v) is 8.16. The van der Waals surface area contributed by atoms with Gasteiger partial charge in [-0.2, -0.15) is 0 Å². The van der Waals surface area contributed by atoms with Gasteiger partial charge in [0.1, 0.15) is 0 Å². The van der Waals surface area contributed by atoms with Gasteiger partial charge in [-0.05, 0) is 24.7 Å². The predicted molar refractivity (Wildman–Crippen MR) is 85.8 cm³/mol. The third-order valence-corrected chi connectivity index (χ3v) is 4.11. The first-order chi connectivity index (χ1) is 9.24. The molecule has 1 heterocycles. The molecule has 0 radical (unpaired) electrons. The van der Waals surface area contributed by atoms with Crippen molar-refractivity contribution in [1.29, 1.82) is 0 Å². The van der Waals surface area contributed by atoms with Crippen LogP contribution in [-0.4, -0.2) is 12.4 Å². The molecule has 0 saturated carbocycles. The van der Waals surface area contributed by atoms with Gasteiger partial charge < -0.3 is 0 Å². The van der Waals surface area contributed by atoms with Crippen molar-refractivity contribution in [1.82, 2.24) is 0 Å². The maximum atomic E-state index is 4.24. The molecule has 0 bridgehead atoms. The van der Waals surface area contributed by atoms with E-state index in [2.05, 4.69) is 30.8 Å². The summed E-state index contributed by atoms with van der Waals surface area (Å²) in [5, 5.41) is 0. The Balaban J connectivity index is 2.09. The average Bonchev–Trinajstić information content (AvgIpc) is 2.89. The van der Waals surface area contributed by atoms with Gasteiger partial charge >= 0.3 is 0 Å². The van der Waals surface area contributed by atoms with E-state index in [4.69, 9.17) is 0 Å². The molecule has 0 aromatic heterocycles. The summed E-state index contributed by atoms with van der Waals surface area (Å²) >= 11 is 0. The minimum Gasteiger partial charge on any atom is -0.0968 e. The zero-order valence-electron chi connectivity index (χ0n) is 13.1. The van der Waals surface area contributed by atoms with Gasteiger partial charge in [-0.15, -0.1) is 0 Å². The highest BCUT2D eigenvalue weighted by atomic mass is 15.0. The normalized spacial score (nSPS) is 15.7. The monoisotopic (exact) mass is 263 g/mol. The molecule has 0 aromatic rings. The Morgan fingerprint density at radius 3 is 2.16 bits per heavy atom. The molecule has 1 unspecified atom stereocenters. The number of unbranched alkanes of at least 4 members (excludes halogenated alkanes) is 4. The van der Waals surface area contributed by atoms with E-state index < -0.39 is 0 Å². The molecule has 1 rings (SSSR count). The Bertz CT molecular complexity index is 256. The molecule has 0 amide bonds. The molecule has 0 aliphatic carbocycles. The Labute approximate surface area is 119 Å². The molecule has 0 spiro atoms. The van der Waals surface area contributed by atoms with E-state index in [1.807, 2.05) is 0 Å². The number of aliphatic imine (C=N–C) groups is 2. The topological polar surface area (TPSA) is 24.7 Å². The average molecular weight is 263 g/mol. The lowest BCUT2D eigenvalue weighted by Gasteiger charge is -2.20. The van der Waals surface area contributed by atoms with Crippen molar-refractivity contribution in [2.24, 2.45) is 21.8 Å². The number of nitrogens with zero attached hydrogens (tertiary/aromatic N) is 2. The Hall–Kier alpha value is -0.790. The second-order valence-electron chi connectivity index (χ2n) is 6.07. The third-order valence-electron chi connectivity index (χ3n) is 4.11. The van der Waals surface area contributed by atoms with E-state index in [0.717, 1.165) is 24.4 Å². The van der Waals surface area contributed by atoms with Crippen molar-refractivity contribution < 1.29 is 0 Å². The number of hydrogen-bond acceptors (Lipinski definition) is 2. The van der Waals surface area contributed by atoms with Crippen molar-refractivity contribution in [2.45, 2.75) is 78.6 Å². The Morgan fingerprint density at radius 2 is 1.53 bits per heavy atom. The summed E-state index contributed by atoms with van der Waals surface area (Å²) in [6, 6.07) is 0. The van der Waals surface area contributed by atoms with Gasteiger partial charge in [-0.1, -0.05) is 69.3 Å². The van der Waals surface area contributed by atoms with Gasteiger partial charge in [0.15, 0.2) is 12.4 Å². The van der Waals surface area contributed by atoms with Gasteiger partial charge in [0.25, 0.3) is 0 Å². The lowest BCUT2D eigenvalue weighted by atomic mass is 9.86. The fourth-order valence-corrected chi connectivity index (χ4v) is 2.74. The Kier molecular flexibility index (Phi) is 8.61. The van der Waals surface area contributed by atoms with Crippen LogP contribution in [0.2, 0.25) is 0 Å². The summed E-state index contributed by atoms with van der Waals surface area (Å²) in [4.78, 5) is 8.49. The van der Waals surface area contributed by atoms with Gasteiger partial charge in [-0.25, -0.2) is 0 Å². The molecule has 1 aliphatic rings. The highest BCUT2D eigenvalue weighted by Gasteiger charge is 2.18. The standard InChI is InChI=1S/C17H31N2/c1-4-5-6-7-8-10-16(15(2)3)11-9-12-17-18-13-14-19-17/h13-16H,4-12H2,1-3H3/q+1. The second-order valence-corrected chi connectivity index (χ2v) is 6.07. The molecule has 108 valence electrons. The molecule has 19 heavy (non-hydrogen) atoms. The zero-order valence-corrected chi connectivity index (χ0v) is 13.1. The highest BCUT2D eigenvalue weighted by Crippen LogP contribution is 2.26. The van der Waals surface area contributed by atoms with Crippen LogP contribution in [0.4, 0.5) is 0 Å². The lowest BCUT2D eigenvalue weighted by molar-refractivity contribution is 0.315. The molecular formula is C17H31N2+. The first-order valence-electron chi connectivity index (χ1n) is 8.16. The van der Waals surface area contributed by atoms with Gasteiger partial charge in [0.05, 0.1) is 6.42 Å². The SMILES string of the molecule is CCCCCCCC(CCC[C+]1N=CC=N1)C(C)C. The molecule has 2 nitrogen and oxygen atoms in total. The van der Waals surface area contributed by atoms with E-state index >= 15 is 0 Å². The van der Waals surface area contributed by atoms with Gasteiger partial charge in [0, 0.05) is 0 Å². The molecule has 0 N–H and O–H groups in total. The van der Waals surface area contributed by atoms with Crippen LogP contribution in [-0.2, 0) is 0 Å². The quantitative estimate of drug-likeness (QED) is 0.350. The molecule has 1 atom stereocenters. The first kappa shape index (κ1) is 16.3. The number of hydrogen-bond donors (Lipinski definition) is 0. The van der Waals surface area contributed by atoms with E-state index in [1.165, 1.54) is 51.4 Å². The van der Waals surface area contributed by atoms with Gasteiger partial charge in [-0.3, -0.25) is 0 Å². The molecular weight excluding hydrogens is 232 g/mol. The highest BCUT2D eigenvalue weighted by molar-refractivity contribution is 6.18. The van der Waals surface area contributed by atoms with Crippen LogP contribution in [0, 0.1) is 18.0 Å². The van der Waals surface area contributed by atoms with Crippen LogP contribution >= 0.6 is 0 Å². The number of rotatable bonds is 11. The second kappa shape index (κ2) is 10.1.